The van der Waals surface area contributed by atoms with Gasteiger partial charge in [-0.05, 0) is 30.0 Å². The van der Waals surface area contributed by atoms with Gasteiger partial charge in [-0.3, -0.25) is 0 Å². The first-order valence-electron chi connectivity index (χ1n) is 6.58. The SMILES string of the molecule is CC(NCc1nc(-c2cccs2)no1)c1ccccc1Cl. The number of nitrogens with zero attached hydrogens (tertiary/aromatic N) is 2. The number of nitrogens with one attached hydrogen (secondary N) is 1. The van der Waals surface area contributed by atoms with Crippen molar-refractivity contribution < 1.29 is 4.52 Å². The van der Waals surface area contributed by atoms with Crippen molar-refractivity contribution in [1.29, 1.82) is 0 Å². The van der Waals surface area contributed by atoms with Crippen LogP contribution in [-0.4, -0.2) is 10.1 Å². The van der Waals surface area contributed by atoms with Gasteiger partial charge in [0.25, 0.3) is 0 Å². The highest BCUT2D eigenvalue weighted by Crippen LogP contribution is 2.23. The van der Waals surface area contributed by atoms with Gasteiger partial charge >= 0.3 is 0 Å². The third kappa shape index (κ3) is 3.32. The molecular weight excluding hydrogens is 306 g/mol. The molecule has 1 unspecified atom stereocenters. The lowest BCUT2D eigenvalue weighted by Gasteiger charge is -2.13. The number of benzene rings is 1. The van der Waals surface area contributed by atoms with Crippen LogP contribution in [0.25, 0.3) is 10.7 Å². The Kier molecular flexibility index (Phi) is 4.34. The van der Waals surface area contributed by atoms with E-state index in [1.165, 1.54) is 0 Å². The van der Waals surface area contributed by atoms with Crippen LogP contribution in [0.5, 0.6) is 0 Å². The molecule has 0 aliphatic carbocycles. The lowest BCUT2D eigenvalue weighted by molar-refractivity contribution is 0.360. The average molecular weight is 320 g/mol. The van der Waals surface area contributed by atoms with Crippen LogP contribution in [-0.2, 0) is 6.54 Å². The molecule has 0 radical (unpaired) electrons. The lowest BCUT2D eigenvalue weighted by atomic mass is 10.1. The van der Waals surface area contributed by atoms with Gasteiger partial charge < -0.3 is 9.84 Å². The number of halogens is 1. The summed E-state index contributed by atoms with van der Waals surface area (Å²) in [6.07, 6.45) is 0. The maximum absolute atomic E-state index is 6.18. The quantitative estimate of drug-likeness (QED) is 0.761. The van der Waals surface area contributed by atoms with E-state index >= 15 is 0 Å². The van der Waals surface area contributed by atoms with Crippen molar-refractivity contribution in [3.05, 3.63) is 58.3 Å². The first-order valence-corrected chi connectivity index (χ1v) is 7.84. The zero-order valence-electron chi connectivity index (χ0n) is 11.4. The predicted molar refractivity (Wildman–Crippen MR) is 84.3 cm³/mol. The highest BCUT2D eigenvalue weighted by molar-refractivity contribution is 7.13. The number of rotatable bonds is 5. The number of thiophene rings is 1. The van der Waals surface area contributed by atoms with Gasteiger partial charge in [0.2, 0.25) is 11.7 Å². The molecule has 0 spiro atoms. The molecule has 0 saturated carbocycles. The van der Waals surface area contributed by atoms with Crippen molar-refractivity contribution in [2.75, 3.05) is 0 Å². The van der Waals surface area contributed by atoms with E-state index in [1.807, 2.05) is 41.8 Å². The third-order valence-electron chi connectivity index (χ3n) is 3.14. The van der Waals surface area contributed by atoms with Gasteiger partial charge in [-0.1, -0.05) is 41.0 Å². The van der Waals surface area contributed by atoms with Crippen LogP contribution in [0.3, 0.4) is 0 Å². The molecule has 3 rings (SSSR count). The van der Waals surface area contributed by atoms with E-state index in [4.69, 9.17) is 16.1 Å². The van der Waals surface area contributed by atoms with Crippen molar-refractivity contribution >= 4 is 22.9 Å². The summed E-state index contributed by atoms with van der Waals surface area (Å²) in [4.78, 5) is 5.38. The van der Waals surface area contributed by atoms with Crippen LogP contribution in [0, 0.1) is 0 Å². The van der Waals surface area contributed by atoms with Crippen LogP contribution in [0.4, 0.5) is 0 Å². The zero-order valence-corrected chi connectivity index (χ0v) is 13.0. The van der Waals surface area contributed by atoms with E-state index in [1.54, 1.807) is 11.3 Å². The average Bonchev–Trinajstić information content (AvgIpc) is 3.16. The predicted octanol–water partition coefficient (Wildman–Crippen LogP) is 4.30. The Labute approximate surface area is 131 Å². The van der Waals surface area contributed by atoms with Gasteiger partial charge in [0.05, 0.1) is 11.4 Å². The maximum atomic E-state index is 6.18. The van der Waals surface area contributed by atoms with Gasteiger partial charge in [0.1, 0.15) is 0 Å². The van der Waals surface area contributed by atoms with Crippen LogP contribution >= 0.6 is 22.9 Å². The molecule has 3 aromatic rings. The molecular formula is C15H14ClN3OS. The van der Waals surface area contributed by atoms with E-state index in [0.29, 0.717) is 18.3 Å². The molecule has 1 aromatic carbocycles. The molecule has 6 heteroatoms. The summed E-state index contributed by atoms with van der Waals surface area (Å²) < 4.78 is 5.26. The fourth-order valence-electron chi connectivity index (χ4n) is 2.01. The highest BCUT2D eigenvalue weighted by Gasteiger charge is 2.12. The van der Waals surface area contributed by atoms with Gasteiger partial charge in [-0.15, -0.1) is 11.3 Å². The van der Waals surface area contributed by atoms with E-state index in [2.05, 4.69) is 22.4 Å². The summed E-state index contributed by atoms with van der Waals surface area (Å²) in [7, 11) is 0. The van der Waals surface area contributed by atoms with Crippen LogP contribution in [0.15, 0.2) is 46.3 Å². The molecule has 0 aliphatic heterocycles. The topological polar surface area (TPSA) is 51.0 Å². The fourth-order valence-corrected chi connectivity index (χ4v) is 2.96. The van der Waals surface area contributed by atoms with Crippen LogP contribution in [0.1, 0.15) is 24.4 Å². The molecule has 0 saturated heterocycles. The molecule has 0 aliphatic rings. The zero-order chi connectivity index (χ0) is 14.7. The van der Waals surface area contributed by atoms with Crippen molar-refractivity contribution in [3.8, 4) is 10.7 Å². The van der Waals surface area contributed by atoms with Gasteiger partial charge in [-0.25, -0.2) is 0 Å². The Bertz CT molecular complexity index is 711. The molecule has 2 aromatic heterocycles. The smallest absolute Gasteiger partial charge is 0.240 e. The second kappa shape index (κ2) is 6.39. The second-order valence-electron chi connectivity index (χ2n) is 4.61. The normalized spacial score (nSPS) is 12.5. The van der Waals surface area contributed by atoms with Gasteiger partial charge in [0, 0.05) is 11.1 Å². The summed E-state index contributed by atoms with van der Waals surface area (Å²) in [6, 6.07) is 11.8. The van der Waals surface area contributed by atoms with Gasteiger partial charge in [0.15, 0.2) is 0 Å². The standard InChI is InChI=1S/C15H14ClN3OS/c1-10(11-5-2-3-6-12(11)16)17-9-14-18-15(19-20-14)13-7-4-8-21-13/h2-8,10,17H,9H2,1H3. The molecule has 0 amide bonds. The molecule has 2 heterocycles. The Morgan fingerprint density at radius 2 is 2.14 bits per heavy atom. The van der Waals surface area contributed by atoms with Crippen LogP contribution in [0.2, 0.25) is 5.02 Å². The first-order chi connectivity index (χ1) is 10.2. The summed E-state index contributed by atoms with van der Waals surface area (Å²) in [5.41, 5.74) is 1.05. The molecule has 108 valence electrons. The molecule has 1 atom stereocenters. The fraction of sp³-hybridized carbons (Fsp3) is 0.200. The Morgan fingerprint density at radius 3 is 2.90 bits per heavy atom. The molecule has 4 nitrogen and oxygen atoms in total. The van der Waals surface area contributed by atoms with Crippen molar-refractivity contribution in [2.24, 2.45) is 0 Å². The Morgan fingerprint density at radius 1 is 1.29 bits per heavy atom. The number of hydrogen-bond acceptors (Lipinski definition) is 5. The maximum Gasteiger partial charge on any atom is 0.240 e. The number of aromatic nitrogens is 2. The minimum Gasteiger partial charge on any atom is -0.338 e. The summed E-state index contributed by atoms with van der Waals surface area (Å²) in [5, 5.41) is 10.1. The first kappa shape index (κ1) is 14.3. The molecule has 0 bridgehead atoms. The van der Waals surface area contributed by atoms with E-state index in [0.717, 1.165) is 15.5 Å². The third-order valence-corrected chi connectivity index (χ3v) is 4.35. The van der Waals surface area contributed by atoms with Crippen molar-refractivity contribution in [2.45, 2.75) is 19.5 Å². The van der Waals surface area contributed by atoms with Crippen molar-refractivity contribution in [3.63, 3.8) is 0 Å². The minimum atomic E-state index is 0.107. The Balaban J connectivity index is 1.64. The lowest BCUT2D eigenvalue weighted by Crippen LogP contribution is -2.18. The van der Waals surface area contributed by atoms with Crippen LogP contribution < -0.4 is 5.32 Å². The largest absolute Gasteiger partial charge is 0.338 e. The van der Waals surface area contributed by atoms with Crippen molar-refractivity contribution in [1.82, 2.24) is 15.5 Å². The number of hydrogen-bond donors (Lipinski definition) is 1. The molecule has 0 fully saturated rings. The summed E-state index contributed by atoms with van der Waals surface area (Å²) >= 11 is 7.77. The molecule has 1 N–H and O–H groups in total. The summed E-state index contributed by atoms with van der Waals surface area (Å²) in [6.45, 7) is 2.56. The van der Waals surface area contributed by atoms with Gasteiger partial charge in [-0.2, -0.15) is 4.98 Å². The van der Waals surface area contributed by atoms with E-state index < -0.39 is 0 Å². The second-order valence-corrected chi connectivity index (χ2v) is 5.97. The molecule has 21 heavy (non-hydrogen) atoms. The van der Waals surface area contributed by atoms with E-state index in [-0.39, 0.29) is 6.04 Å². The minimum absolute atomic E-state index is 0.107. The monoisotopic (exact) mass is 319 g/mol. The summed E-state index contributed by atoms with van der Waals surface area (Å²) in [5.74, 6) is 1.20. The Hall–Kier alpha value is -1.69. The van der Waals surface area contributed by atoms with E-state index in [9.17, 15) is 0 Å². The highest BCUT2D eigenvalue weighted by atomic mass is 35.5.